The van der Waals surface area contributed by atoms with Crippen LogP contribution < -0.4 is 15.4 Å². The van der Waals surface area contributed by atoms with Gasteiger partial charge in [0, 0.05) is 18.3 Å². The number of carbonyl (C=O) groups excluding carboxylic acids is 2. The SMILES string of the molecule is COc1ccc(NC(=O)c2nc(C(=O)NC3CCCC3)c3n2CCCC3)cc1. The van der Waals surface area contributed by atoms with E-state index in [-0.39, 0.29) is 17.9 Å². The lowest BCUT2D eigenvalue weighted by Gasteiger charge is -2.17. The molecule has 1 saturated carbocycles. The number of methoxy groups -OCH3 is 1. The predicted octanol–water partition coefficient (Wildman–Crippen LogP) is 3.15. The minimum Gasteiger partial charge on any atom is -0.497 e. The standard InChI is InChI=1S/C21H26N4O3/c1-28-16-11-9-15(10-12-16)23-21(27)19-24-18(17-8-4-5-13-25(17)19)20(26)22-14-6-2-3-7-14/h9-12,14H,2-8,13H2,1H3,(H,22,26)(H,23,27). The number of amides is 2. The van der Waals surface area contributed by atoms with E-state index in [9.17, 15) is 9.59 Å². The Bertz CT molecular complexity index is 867. The van der Waals surface area contributed by atoms with Gasteiger partial charge in [-0.2, -0.15) is 0 Å². The molecule has 1 aromatic carbocycles. The highest BCUT2D eigenvalue weighted by molar-refractivity contribution is 6.03. The van der Waals surface area contributed by atoms with Crippen LogP contribution in [0.1, 0.15) is 65.3 Å². The van der Waals surface area contributed by atoms with Gasteiger partial charge >= 0.3 is 0 Å². The fraction of sp³-hybridized carbons (Fsp3) is 0.476. The van der Waals surface area contributed by atoms with Crippen LogP contribution in [0.4, 0.5) is 5.69 Å². The number of imidazole rings is 1. The molecule has 0 spiro atoms. The first-order valence-electron chi connectivity index (χ1n) is 10.0. The Labute approximate surface area is 164 Å². The van der Waals surface area contributed by atoms with Gasteiger partial charge in [-0.25, -0.2) is 4.98 Å². The number of benzene rings is 1. The fourth-order valence-corrected chi connectivity index (χ4v) is 4.08. The number of anilines is 1. The van der Waals surface area contributed by atoms with Gasteiger partial charge in [0.2, 0.25) is 0 Å². The second-order valence-corrected chi connectivity index (χ2v) is 7.48. The van der Waals surface area contributed by atoms with E-state index >= 15 is 0 Å². The summed E-state index contributed by atoms with van der Waals surface area (Å²) in [6.45, 7) is 0.713. The fourth-order valence-electron chi connectivity index (χ4n) is 4.08. The van der Waals surface area contributed by atoms with Gasteiger partial charge < -0.3 is 19.9 Å². The number of nitrogens with one attached hydrogen (secondary N) is 2. The minimum atomic E-state index is -0.298. The van der Waals surface area contributed by atoms with Crippen molar-refractivity contribution >= 4 is 17.5 Å². The molecule has 2 heterocycles. The Kier molecular flexibility index (Phi) is 5.32. The van der Waals surface area contributed by atoms with Crippen molar-refractivity contribution < 1.29 is 14.3 Å². The van der Waals surface area contributed by atoms with Gasteiger partial charge in [0.1, 0.15) is 11.4 Å². The highest BCUT2D eigenvalue weighted by Crippen LogP contribution is 2.24. The van der Waals surface area contributed by atoms with Crippen molar-refractivity contribution in [2.75, 3.05) is 12.4 Å². The third-order valence-corrected chi connectivity index (χ3v) is 5.57. The lowest BCUT2D eigenvalue weighted by Crippen LogP contribution is -2.33. The number of hydrogen-bond acceptors (Lipinski definition) is 4. The highest BCUT2D eigenvalue weighted by atomic mass is 16.5. The number of carbonyl (C=O) groups is 2. The van der Waals surface area contributed by atoms with Gasteiger partial charge in [0.05, 0.1) is 12.8 Å². The molecule has 148 valence electrons. The van der Waals surface area contributed by atoms with Gasteiger partial charge in [0.15, 0.2) is 5.82 Å². The third-order valence-electron chi connectivity index (χ3n) is 5.57. The van der Waals surface area contributed by atoms with E-state index in [2.05, 4.69) is 15.6 Å². The van der Waals surface area contributed by atoms with E-state index < -0.39 is 0 Å². The first-order valence-corrected chi connectivity index (χ1v) is 10.0. The average molecular weight is 382 g/mol. The molecule has 28 heavy (non-hydrogen) atoms. The van der Waals surface area contributed by atoms with Crippen molar-refractivity contribution in [3.05, 3.63) is 41.5 Å². The topological polar surface area (TPSA) is 85.2 Å². The summed E-state index contributed by atoms with van der Waals surface area (Å²) in [5.41, 5.74) is 1.95. The minimum absolute atomic E-state index is 0.152. The van der Waals surface area contributed by atoms with Crippen LogP contribution in [0, 0.1) is 0 Å². The summed E-state index contributed by atoms with van der Waals surface area (Å²) < 4.78 is 7.05. The molecule has 0 bridgehead atoms. The van der Waals surface area contributed by atoms with E-state index in [0.717, 1.165) is 56.4 Å². The maximum absolute atomic E-state index is 12.9. The first-order chi connectivity index (χ1) is 13.7. The molecule has 7 heteroatoms. The summed E-state index contributed by atoms with van der Waals surface area (Å²) >= 11 is 0. The number of aromatic nitrogens is 2. The number of ether oxygens (including phenoxy) is 1. The number of rotatable bonds is 5. The van der Waals surface area contributed by atoms with Gasteiger partial charge in [0.25, 0.3) is 11.8 Å². The molecule has 2 aliphatic rings. The Morgan fingerprint density at radius 2 is 1.82 bits per heavy atom. The zero-order chi connectivity index (χ0) is 19.5. The summed E-state index contributed by atoms with van der Waals surface area (Å²) in [4.78, 5) is 30.1. The normalized spacial score (nSPS) is 16.5. The highest BCUT2D eigenvalue weighted by Gasteiger charge is 2.29. The second-order valence-electron chi connectivity index (χ2n) is 7.48. The van der Waals surface area contributed by atoms with Crippen LogP contribution in [0.3, 0.4) is 0 Å². The monoisotopic (exact) mass is 382 g/mol. The summed E-state index contributed by atoms with van der Waals surface area (Å²) in [5, 5.41) is 5.98. The van der Waals surface area contributed by atoms with Gasteiger partial charge in [-0.15, -0.1) is 0 Å². The molecule has 1 aliphatic heterocycles. The second kappa shape index (κ2) is 8.04. The largest absolute Gasteiger partial charge is 0.497 e. The van der Waals surface area contributed by atoms with E-state index in [1.807, 2.05) is 4.57 Å². The lowest BCUT2D eigenvalue weighted by atomic mass is 10.1. The van der Waals surface area contributed by atoms with Crippen molar-refractivity contribution in [3.8, 4) is 5.75 Å². The number of fused-ring (bicyclic) bond motifs is 1. The molecule has 4 rings (SSSR count). The van der Waals surface area contributed by atoms with Gasteiger partial charge in [-0.1, -0.05) is 12.8 Å². The van der Waals surface area contributed by atoms with Crippen molar-refractivity contribution in [2.45, 2.75) is 57.5 Å². The molecule has 1 aliphatic carbocycles. The number of nitrogens with zero attached hydrogens (tertiary/aromatic N) is 2. The summed E-state index contributed by atoms with van der Waals surface area (Å²) in [5.74, 6) is 0.582. The lowest BCUT2D eigenvalue weighted by molar-refractivity contribution is 0.0931. The molecule has 7 nitrogen and oxygen atoms in total. The quantitative estimate of drug-likeness (QED) is 0.832. The average Bonchev–Trinajstić information content (AvgIpc) is 3.36. The molecule has 2 aromatic rings. The number of hydrogen-bond donors (Lipinski definition) is 2. The Morgan fingerprint density at radius 1 is 1.07 bits per heavy atom. The summed E-state index contributed by atoms with van der Waals surface area (Å²) in [7, 11) is 1.60. The van der Waals surface area contributed by atoms with Crippen LogP contribution in [-0.4, -0.2) is 34.5 Å². The first kappa shape index (κ1) is 18.5. The molecular weight excluding hydrogens is 356 g/mol. The van der Waals surface area contributed by atoms with E-state index in [1.54, 1.807) is 31.4 Å². The molecule has 0 atom stereocenters. The van der Waals surface area contributed by atoms with E-state index in [4.69, 9.17) is 4.74 Å². The molecule has 0 unspecified atom stereocenters. The summed E-state index contributed by atoms with van der Waals surface area (Å²) in [6, 6.07) is 7.37. The maximum atomic E-state index is 12.9. The third kappa shape index (κ3) is 3.74. The van der Waals surface area contributed by atoms with Crippen molar-refractivity contribution in [1.29, 1.82) is 0 Å². The molecule has 1 fully saturated rings. The Morgan fingerprint density at radius 3 is 2.54 bits per heavy atom. The smallest absolute Gasteiger partial charge is 0.291 e. The van der Waals surface area contributed by atoms with Crippen LogP contribution in [0.2, 0.25) is 0 Å². The van der Waals surface area contributed by atoms with Crippen molar-refractivity contribution in [3.63, 3.8) is 0 Å². The van der Waals surface area contributed by atoms with Crippen molar-refractivity contribution in [1.82, 2.24) is 14.9 Å². The molecule has 0 radical (unpaired) electrons. The van der Waals surface area contributed by atoms with Crippen LogP contribution >= 0.6 is 0 Å². The van der Waals surface area contributed by atoms with Crippen LogP contribution in [-0.2, 0) is 13.0 Å². The molecule has 0 saturated heterocycles. The van der Waals surface area contributed by atoms with E-state index in [0.29, 0.717) is 23.8 Å². The van der Waals surface area contributed by atoms with Crippen LogP contribution in [0.15, 0.2) is 24.3 Å². The van der Waals surface area contributed by atoms with Gasteiger partial charge in [-0.3, -0.25) is 9.59 Å². The Hall–Kier alpha value is -2.83. The molecule has 2 N–H and O–H groups in total. The predicted molar refractivity (Wildman–Crippen MR) is 106 cm³/mol. The maximum Gasteiger partial charge on any atom is 0.291 e. The van der Waals surface area contributed by atoms with Gasteiger partial charge in [-0.05, 0) is 56.4 Å². The molecule has 2 amide bonds. The van der Waals surface area contributed by atoms with E-state index in [1.165, 1.54) is 0 Å². The van der Waals surface area contributed by atoms with Crippen LogP contribution in [0.25, 0.3) is 0 Å². The van der Waals surface area contributed by atoms with Crippen molar-refractivity contribution in [2.24, 2.45) is 0 Å². The zero-order valence-electron chi connectivity index (χ0n) is 16.2. The van der Waals surface area contributed by atoms with Crippen LogP contribution in [0.5, 0.6) is 5.75 Å². The molecule has 1 aromatic heterocycles. The molecular formula is C21H26N4O3. The zero-order valence-corrected chi connectivity index (χ0v) is 16.2. The Balaban J connectivity index is 1.56. The summed E-state index contributed by atoms with van der Waals surface area (Å²) in [6.07, 6.45) is 7.11.